The predicted octanol–water partition coefficient (Wildman–Crippen LogP) is 1.13. The number of benzene rings is 1. The van der Waals surface area contributed by atoms with E-state index >= 15 is 0 Å². The molecule has 0 saturated carbocycles. The molecule has 2 unspecified atom stereocenters. The molecular formula is C13H18N4O4. The van der Waals surface area contributed by atoms with Crippen molar-refractivity contribution in [3.63, 3.8) is 0 Å². The fourth-order valence-electron chi connectivity index (χ4n) is 2.47. The fourth-order valence-corrected chi connectivity index (χ4v) is 2.47. The molecule has 1 amide bonds. The molecule has 1 heterocycles. The number of nitrogens with zero attached hydrogens (tertiary/aromatic N) is 2. The van der Waals surface area contributed by atoms with E-state index in [1.165, 1.54) is 18.2 Å². The lowest BCUT2D eigenvalue weighted by molar-refractivity contribution is -0.385. The van der Waals surface area contributed by atoms with Gasteiger partial charge in [-0.2, -0.15) is 0 Å². The molecule has 1 aliphatic heterocycles. The number of morpholine rings is 1. The Morgan fingerprint density at radius 1 is 1.43 bits per heavy atom. The highest BCUT2D eigenvalue weighted by Crippen LogP contribution is 2.25. The number of rotatable bonds is 3. The molecule has 1 aliphatic rings. The fraction of sp³-hybridized carbons (Fsp3) is 0.462. The number of carbonyl (C=O) groups excluding carboxylic acids is 1. The second-order valence-corrected chi connectivity index (χ2v) is 5.10. The summed E-state index contributed by atoms with van der Waals surface area (Å²) in [5.74, 6) is 4.91. The zero-order valence-electron chi connectivity index (χ0n) is 11.9. The van der Waals surface area contributed by atoms with Crippen molar-refractivity contribution in [2.24, 2.45) is 5.84 Å². The predicted molar refractivity (Wildman–Crippen MR) is 76.8 cm³/mol. The monoisotopic (exact) mass is 294 g/mol. The highest BCUT2D eigenvalue weighted by molar-refractivity contribution is 5.99. The molecule has 0 spiro atoms. The summed E-state index contributed by atoms with van der Waals surface area (Å²) in [5.41, 5.74) is 2.63. The minimum atomic E-state index is -0.569. The van der Waals surface area contributed by atoms with Gasteiger partial charge in [0.2, 0.25) is 0 Å². The van der Waals surface area contributed by atoms with Crippen molar-refractivity contribution >= 4 is 17.3 Å². The summed E-state index contributed by atoms with van der Waals surface area (Å²) < 4.78 is 5.56. The summed E-state index contributed by atoms with van der Waals surface area (Å²) in [4.78, 5) is 24.7. The molecule has 1 aromatic carbocycles. The molecule has 8 nitrogen and oxygen atoms in total. The third-order valence-corrected chi connectivity index (χ3v) is 3.30. The number of nitro groups is 1. The second-order valence-electron chi connectivity index (χ2n) is 5.10. The lowest BCUT2D eigenvalue weighted by Crippen LogP contribution is -2.48. The number of hydrogen-bond donors (Lipinski definition) is 2. The molecule has 114 valence electrons. The Morgan fingerprint density at radius 2 is 2.05 bits per heavy atom. The third-order valence-electron chi connectivity index (χ3n) is 3.30. The number of hydrazine groups is 1. The van der Waals surface area contributed by atoms with Crippen LogP contribution < -0.4 is 11.3 Å². The Hall–Kier alpha value is -2.19. The van der Waals surface area contributed by atoms with Crippen LogP contribution in [0.2, 0.25) is 0 Å². The first-order valence-electron chi connectivity index (χ1n) is 6.62. The summed E-state index contributed by atoms with van der Waals surface area (Å²) in [7, 11) is 0. The number of carbonyl (C=O) groups is 1. The van der Waals surface area contributed by atoms with E-state index in [0.29, 0.717) is 18.8 Å². The molecule has 2 rings (SSSR count). The quantitative estimate of drug-likeness (QED) is 0.491. The van der Waals surface area contributed by atoms with Gasteiger partial charge in [-0.25, -0.2) is 0 Å². The van der Waals surface area contributed by atoms with Gasteiger partial charge in [-0.1, -0.05) is 0 Å². The van der Waals surface area contributed by atoms with E-state index in [1.54, 1.807) is 4.90 Å². The molecule has 1 saturated heterocycles. The lowest BCUT2D eigenvalue weighted by Gasteiger charge is -2.35. The topological polar surface area (TPSA) is 111 Å². The normalized spacial score (nSPS) is 22.0. The molecule has 0 aromatic heterocycles. The average molecular weight is 294 g/mol. The molecule has 0 radical (unpaired) electrons. The van der Waals surface area contributed by atoms with Crippen molar-refractivity contribution in [3.8, 4) is 0 Å². The number of nitro benzene ring substituents is 1. The van der Waals surface area contributed by atoms with Crippen LogP contribution in [0.4, 0.5) is 11.4 Å². The maximum Gasteiger partial charge on any atom is 0.282 e. The Balaban J connectivity index is 2.35. The van der Waals surface area contributed by atoms with Crippen molar-refractivity contribution in [2.45, 2.75) is 26.1 Å². The van der Waals surface area contributed by atoms with Gasteiger partial charge in [0.15, 0.2) is 0 Å². The minimum absolute atomic E-state index is 0.0248. The number of hydrogen-bond acceptors (Lipinski definition) is 6. The third kappa shape index (κ3) is 3.29. The Bertz CT molecular complexity index is 553. The van der Waals surface area contributed by atoms with Crippen molar-refractivity contribution in [3.05, 3.63) is 33.9 Å². The molecular weight excluding hydrogens is 276 g/mol. The van der Waals surface area contributed by atoms with Crippen LogP contribution in [-0.2, 0) is 4.74 Å². The number of ether oxygens (including phenoxy) is 1. The first-order valence-corrected chi connectivity index (χ1v) is 6.62. The van der Waals surface area contributed by atoms with Crippen LogP contribution in [0.15, 0.2) is 18.2 Å². The van der Waals surface area contributed by atoms with Gasteiger partial charge in [0.1, 0.15) is 5.56 Å². The SMILES string of the molecule is CC1CN(C(=O)c2cc(NN)ccc2[N+](=O)[O-])CC(C)O1. The maximum absolute atomic E-state index is 12.6. The van der Waals surface area contributed by atoms with E-state index in [4.69, 9.17) is 10.6 Å². The van der Waals surface area contributed by atoms with Crippen LogP contribution in [0.3, 0.4) is 0 Å². The van der Waals surface area contributed by atoms with Crippen molar-refractivity contribution in [1.29, 1.82) is 0 Å². The summed E-state index contributed by atoms with van der Waals surface area (Å²) >= 11 is 0. The van der Waals surface area contributed by atoms with E-state index in [1.807, 2.05) is 13.8 Å². The molecule has 3 N–H and O–H groups in total. The van der Waals surface area contributed by atoms with Crippen LogP contribution >= 0.6 is 0 Å². The van der Waals surface area contributed by atoms with Gasteiger partial charge in [-0.3, -0.25) is 20.8 Å². The molecule has 2 atom stereocenters. The van der Waals surface area contributed by atoms with E-state index in [9.17, 15) is 14.9 Å². The zero-order valence-corrected chi connectivity index (χ0v) is 11.9. The van der Waals surface area contributed by atoms with Gasteiger partial charge in [0, 0.05) is 24.8 Å². The van der Waals surface area contributed by atoms with Crippen molar-refractivity contribution in [1.82, 2.24) is 4.90 Å². The van der Waals surface area contributed by atoms with Crippen molar-refractivity contribution in [2.75, 3.05) is 18.5 Å². The number of anilines is 1. The summed E-state index contributed by atoms with van der Waals surface area (Å²) in [6.45, 7) is 4.53. The first kappa shape index (κ1) is 15.2. The Kier molecular flexibility index (Phi) is 4.39. The van der Waals surface area contributed by atoms with Crippen LogP contribution in [-0.4, -0.2) is 41.0 Å². The Morgan fingerprint density at radius 3 is 2.57 bits per heavy atom. The van der Waals surface area contributed by atoms with E-state index in [0.717, 1.165) is 0 Å². The molecule has 21 heavy (non-hydrogen) atoms. The number of nitrogen functional groups attached to an aromatic ring is 1. The average Bonchev–Trinajstić information content (AvgIpc) is 2.44. The van der Waals surface area contributed by atoms with Gasteiger partial charge in [-0.15, -0.1) is 0 Å². The maximum atomic E-state index is 12.6. The summed E-state index contributed by atoms with van der Waals surface area (Å²) in [6, 6.07) is 4.13. The molecule has 8 heteroatoms. The second kappa shape index (κ2) is 6.06. The van der Waals surface area contributed by atoms with Gasteiger partial charge >= 0.3 is 0 Å². The summed E-state index contributed by atoms with van der Waals surface area (Å²) in [5, 5.41) is 11.1. The molecule has 1 aromatic rings. The van der Waals surface area contributed by atoms with Crippen LogP contribution in [0.5, 0.6) is 0 Å². The van der Waals surface area contributed by atoms with Crippen LogP contribution in [0.25, 0.3) is 0 Å². The minimum Gasteiger partial charge on any atom is -0.372 e. The largest absolute Gasteiger partial charge is 0.372 e. The standard InChI is InChI=1S/C13H18N4O4/c1-8-6-16(7-9(2)21-8)13(18)11-5-10(15-14)3-4-12(11)17(19)20/h3-5,8-9,15H,6-7,14H2,1-2H3. The van der Waals surface area contributed by atoms with E-state index in [-0.39, 0.29) is 29.4 Å². The first-order chi connectivity index (χ1) is 9.92. The summed E-state index contributed by atoms with van der Waals surface area (Å²) in [6.07, 6.45) is -0.208. The van der Waals surface area contributed by atoms with Crippen molar-refractivity contribution < 1.29 is 14.5 Å². The van der Waals surface area contributed by atoms with E-state index < -0.39 is 4.92 Å². The zero-order chi connectivity index (χ0) is 15.6. The smallest absolute Gasteiger partial charge is 0.282 e. The number of nitrogens with two attached hydrogens (primary N) is 1. The lowest BCUT2D eigenvalue weighted by atomic mass is 10.1. The number of nitrogens with one attached hydrogen (secondary N) is 1. The number of amides is 1. The van der Waals surface area contributed by atoms with Gasteiger partial charge in [0.05, 0.1) is 17.1 Å². The molecule has 0 aliphatic carbocycles. The van der Waals surface area contributed by atoms with Gasteiger partial charge < -0.3 is 15.1 Å². The Labute approximate surface area is 122 Å². The van der Waals surface area contributed by atoms with Gasteiger partial charge in [-0.05, 0) is 26.0 Å². The van der Waals surface area contributed by atoms with Crippen LogP contribution in [0.1, 0.15) is 24.2 Å². The molecule has 0 bridgehead atoms. The van der Waals surface area contributed by atoms with Gasteiger partial charge in [0.25, 0.3) is 11.6 Å². The van der Waals surface area contributed by atoms with E-state index in [2.05, 4.69) is 5.43 Å². The highest BCUT2D eigenvalue weighted by Gasteiger charge is 2.30. The van der Waals surface area contributed by atoms with Crippen LogP contribution in [0, 0.1) is 10.1 Å². The molecule has 1 fully saturated rings. The highest BCUT2D eigenvalue weighted by atomic mass is 16.6.